The van der Waals surface area contributed by atoms with E-state index in [0.29, 0.717) is 19.0 Å². The first kappa shape index (κ1) is 17.8. The Hall–Kier alpha value is -1.59. The van der Waals surface area contributed by atoms with Crippen molar-refractivity contribution in [1.82, 2.24) is 4.90 Å². The quantitative estimate of drug-likeness (QED) is 0.898. The SMILES string of the molecule is CC(C)(C)OC(=O)N1CCC(c2cc(CO)cc(CO)c2)CC1. The summed E-state index contributed by atoms with van der Waals surface area (Å²) in [7, 11) is 0. The van der Waals surface area contributed by atoms with Crippen LogP contribution in [0.1, 0.15) is 56.2 Å². The van der Waals surface area contributed by atoms with Crippen LogP contribution in [0.15, 0.2) is 18.2 Å². The number of aliphatic hydroxyl groups excluding tert-OH is 2. The van der Waals surface area contributed by atoms with E-state index in [-0.39, 0.29) is 19.3 Å². The van der Waals surface area contributed by atoms with Gasteiger partial charge in [-0.05, 0) is 56.2 Å². The molecular weight excluding hydrogens is 294 g/mol. The maximum atomic E-state index is 12.1. The Morgan fingerprint density at radius 1 is 1.13 bits per heavy atom. The summed E-state index contributed by atoms with van der Waals surface area (Å²) in [6.07, 6.45) is 1.47. The van der Waals surface area contributed by atoms with Crippen LogP contribution in [0, 0.1) is 0 Å². The first-order chi connectivity index (χ1) is 10.8. The Balaban J connectivity index is 2.00. The third-order valence-electron chi connectivity index (χ3n) is 4.06. The van der Waals surface area contributed by atoms with Gasteiger partial charge in [0.1, 0.15) is 5.60 Å². The minimum absolute atomic E-state index is 0.0302. The van der Waals surface area contributed by atoms with Crippen molar-refractivity contribution < 1.29 is 19.7 Å². The number of aliphatic hydroxyl groups is 2. The van der Waals surface area contributed by atoms with Gasteiger partial charge >= 0.3 is 6.09 Å². The van der Waals surface area contributed by atoms with Crippen molar-refractivity contribution in [2.24, 2.45) is 0 Å². The highest BCUT2D eigenvalue weighted by atomic mass is 16.6. The molecule has 0 unspecified atom stereocenters. The molecule has 1 fully saturated rings. The van der Waals surface area contributed by atoms with Gasteiger partial charge in [-0.3, -0.25) is 0 Å². The number of amides is 1. The molecule has 0 aliphatic carbocycles. The minimum Gasteiger partial charge on any atom is -0.444 e. The zero-order chi connectivity index (χ0) is 17.0. The molecule has 1 heterocycles. The fourth-order valence-electron chi connectivity index (χ4n) is 2.93. The second-order valence-electron chi connectivity index (χ2n) is 7.14. The third-order valence-corrected chi connectivity index (χ3v) is 4.06. The van der Waals surface area contributed by atoms with Crippen LogP contribution in [0.4, 0.5) is 4.79 Å². The molecule has 2 N–H and O–H groups in total. The molecule has 23 heavy (non-hydrogen) atoms. The Labute approximate surface area is 137 Å². The molecule has 1 saturated heterocycles. The van der Waals surface area contributed by atoms with Crippen molar-refractivity contribution in [3.05, 3.63) is 34.9 Å². The number of piperidine rings is 1. The van der Waals surface area contributed by atoms with E-state index in [0.717, 1.165) is 29.5 Å². The summed E-state index contributed by atoms with van der Waals surface area (Å²) in [5.74, 6) is 0.338. The van der Waals surface area contributed by atoms with Crippen LogP contribution in [0.2, 0.25) is 0 Å². The molecule has 1 aromatic rings. The Morgan fingerprint density at radius 2 is 1.65 bits per heavy atom. The van der Waals surface area contributed by atoms with Crippen LogP contribution in [0.25, 0.3) is 0 Å². The highest BCUT2D eigenvalue weighted by Gasteiger charge is 2.27. The van der Waals surface area contributed by atoms with Crippen LogP contribution in [-0.4, -0.2) is 39.9 Å². The zero-order valence-electron chi connectivity index (χ0n) is 14.2. The highest BCUT2D eigenvalue weighted by molar-refractivity contribution is 5.68. The van der Waals surface area contributed by atoms with Gasteiger partial charge in [-0.15, -0.1) is 0 Å². The van der Waals surface area contributed by atoms with Crippen LogP contribution in [0.5, 0.6) is 0 Å². The minimum atomic E-state index is -0.473. The monoisotopic (exact) mass is 321 g/mol. The molecule has 5 nitrogen and oxygen atoms in total. The molecule has 1 amide bonds. The fraction of sp³-hybridized carbons (Fsp3) is 0.611. The van der Waals surface area contributed by atoms with Gasteiger partial charge in [0.05, 0.1) is 13.2 Å². The van der Waals surface area contributed by atoms with Gasteiger partial charge in [-0.2, -0.15) is 0 Å². The molecule has 1 aliphatic rings. The lowest BCUT2D eigenvalue weighted by atomic mass is 9.87. The lowest BCUT2D eigenvalue weighted by Gasteiger charge is -2.33. The summed E-state index contributed by atoms with van der Waals surface area (Å²) in [6, 6.07) is 5.80. The summed E-state index contributed by atoms with van der Waals surface area (Å²) < 4.78 is 5.41. The van der Waals surface area contributed by atoms with E-state index < -0.39 is 5.60 Å². The molecule has 0 spiro atoms. The van der Waals surface area contributed by atoms with Gasteiger partial charge in [0.25, 0.3) is 0 Å². The maximum Gasteiger partial charge on any atom is 0.410 e. The van der Waals surface area contributed by atoms with Crippen LogP contribution in [-0.2, 0) is 18.0 Å². The first-order valence-corrected chi connectivity index (χ1v) is 8.15. The average molecular weight is 321 g/mol. The second-order valence-corrected chi connectivity index (χ2v) is 7.14. The van der Waals surface area contributed by atoms with Crippen LogP contribution >= 0.6 is 0 Å². The van der Waals surface area contributed by atoms with Gasteiger partial charge in [0.2, 0.25) is 0 Å². The van der Waals surface area contributed by atoms with E-state index in [4.69, 9.17) is 4.74 Å². The molecule has 1 aliphatic heterocycles. The number of hydrogen-bond donors (Lipinski definition) is 2. The molecule has 5 heteroatoms. The van der Waals surface area contributed by atoms with Crippen molar-refractivity contribution in [3.8, 4) is 0 Å². The number of carbonyl (C=O) groups excluding carboxylic acids is 1. The third kappa shape index (κ3) is 4.94. The van der Waals surface area contributed by atoms with E-state index >= 15 is 0 Å². The Morgan fingerprint density at radius 3 is 2.09 bits per heavy atom. The summed E-state index contributed by atoms with van der Waals surface area (Å²) in [5, 5.41) is 18.7. The first-order valence-electron chi connectivity index (χ1n) is 8.15. The summed E-state index contributed by atoms with van der Waals surface area (Å²) in [6.45, 7) is 6.88. The van der Waals surface area contributed by atoms with Crippen molar-refractivity contribution in [3.63, 3.8) is 0 Å². The van der Waals surface area contributed by atoms with Crippen molar-refractivity contribution in [2.45, 2.75) is 58.3 Å². The van der Waals surface area contributed by atoms with E-state index in [1.54, 1.807) is 4.90 Å². The standard InChI is InChI=1S/C18H27NO4/c1-18(2,3)23-17(22)19-6-4-15(5-7-19)16-9-13(11-20)8-14(10-16)12-21/h8-10,15,20-21H,4-7,11-12H2,1-3H3. The van der Waals surface area contributed by atoms with E-state index in [1.165, 1.54) is 0 Å². The van der Waals surface area contributed by atoms with E-state index in [1.807, 2.05) is 39.0 Å². The second kappa shape index (κ2) is 7.32. The number of rotatable bonds is 3. The molecule has 0 atom stereocenters. The largest absolute Gasteiger partial charge is 0.444 e. The molecule has 0 radical (unpaired) electrons. The average Bonchev–Trinajstić information content (AvgIpc) is 2.52. The molecule has 0 bridgehead atoms. The van der Waals surface area contributed by atoms with Gasteiger partial charge < -0.3 is 19.8 Å². The van der Waals surface area contributed by atoms with Crippen molar-refractivity contribution in [2.75, 3.05) is 13.1 Å². The molecule has 0 saturated carbocycles. The number of likely N-dealkylation sites (tertiary alicyclic amines) is 1. The maximum absolute atomic E-state index is 12.1. The van der Waals surface area contributed by atoms with Gasteiger partial charge in [0, 0.05) is 13.1 Å². The number of ether oxygens (including phenoxy) is 1. The lowest BCUT2D eigenvalue weighted by Crippen LogP contribution is -2.41. The molecular formula is C18H27NO4. The number of hydrogen-bond acceptors (Lipinski definition) is 4. The van der Waals surface area contributed by atoms with Crippen molar-refractivity contribution in [1.29, 1.82) is 0 Å². The van der Waals surface area contributed by atoms with E-state index in [9.17, 15) is 15.0 Å². The molecule has 0 aromatic heterocycles. The smallest absolute Gasteiger partial charge is 0.410 e. The van der Waals surface area contributed by atoms with Gasteiger partial charge in [-0.25, -0.2) is 4.79 Å². The summed E-state index contributed by atoms with van der Waals surface area (Å²) >= 11 is 0. The normalized spacial score (nSPS) is 16.5. The number of carbonyl (C=O) groups is 1. The predicted molar refractivity (Wildman–Crippen MR) is 88.1 cm³/mol. The van der Waals surface area contributed by atoms with Crippen molar-refractivity contribution >= 4 is 6.09 Å². The van der Waals surface area contributed by atoms with E-state index in [2.05, 4.69) is 0 Å². The van der Waals surface area contributed by atoms with Crippen LogP contribution < -0.4 is 0 Å². The Kier molecular flexibility index (Phi) is 5.65. The van der Waals surface area contributed by atoms with Crippen LogP contribution in [0.3, 0.4) is 0 Å². The molecule has 128 valence electrons. The highest BCUT2D eigenvalue weighted by Crippen LogP contribution is 2.30. The fourth-order valence-corrected chi connectivity index (χ4v) is 2.93. The molecule has 1 aromatic carbocycles. The topological polar surface area (TPSA) is 70.0 Å². The summed E-state index contributed by atoms with van der Waals surface area (Å²) in [4.78, 5) is 13.8. The Bertz CT molecular complexity index is 520. The van der Waals surface area contributed by atoms with Gasteiger partial charge in [0.15, 0.2) is 0 Å². The number of nitrogens with zero attached hydrogens (tertiary/aromatic N) is 1. The van der Waals surface area contributed by atoms with Gasteiger partial charge in [-0.1, -0.05) is 18.2 Å². The summed E-state index contributed by atoms with van der Waals surface area (Å²) in [5.41, 5.74) is 2.30. The predicted octanol–water partition coefficient (Wildman–Crippen LogP) is 2.79. The number of benzene rings is 1. The zero-order valence-corrected chi connectivity index (χ0v) is 14.2. The lowest BCUT2D eigenvalue weighted by molar-refractivity contribution is 0.0205. The molecule has 2 rings (SSSR count).